The van der Waals surface area contributed by atoms with E-state index >= 15 is 0 Å². The van der Waals surface area contributed by atoms with Crippen molar-refractivity contribution in [3.8, 4) is 11.5 Å². The Hall–Kier alpha value is -3.29. The van der Waals surface area contributed by atoms with Gasteiger partial charge in [-0.25, -0.2) is 4.52 Å². The molecule has 8 nitrogen and oxygen atoms in total. The van der Waals surface area contributed by atoms with E-state index in [1.54, 1.807) is 33.6 Å². The SMILES string of the molecule is CCOc1ccc(OCC)c(NC(=O)CCn2ccn3nc4c(c3c2=O)CCCC4)c1. The van der Waals surface area contributed by atoms with Crippen LogP contribution in [0.4, 0.5) is 5.69 Å². The van der Waals surface area contributed by atoms with Crippen LogP contribution in [0.2, 0.25) is 0 Å². The number of amides is 1. The number of anilines is 1. The van der Waals surface area contributed by atoms with Gasteiger partial charge in [-0.15, -0.1) is 0 Å². The Morgan fingerprint density at radius 2 is 1.94 bits per heavy atom. The molecule has 4 rings (SSSR count). The first kappa shape index (κ1) is 21.0. The molecule has 0 spiro atoms. The van der Waals surface area contributed by atoms with Crippen molar-refractivity contribution in [1.82, 2.24) is 14.2 Å². The van der Waals surface area contributed by atoms with Gasteiger partial charge in [-0.05, 0) is 51.7 Å². The van der Waals surface area contributed by atoms with Crippen LogP contribution >= 0.6 is 0 Å². The molecule has 0 atom stereocenters. The molecule has 3 aromatic rings. The summed E-state index contributed by atoms with van der Waals surface area (Å²) in [6.45, 7) is 5.10. The van der Waals surface area contributed by atoms with Crippen molar-refractivity contribution in [3.05, 3.63) is 52.2 Å². The van der Waals surface area contributed by atoms with Crippen LogP contribution < -0.4 is 20.3 Å². The lowest BCUT2D eigenvalue weighted by Crippen LogP contribution is -2.25. The van der Waals surface area contributed by atoms with Gasteiger partial charge < -0.3 is 19.4 Å². The maximum atomic E-state index is 13.0. The van der Waals surface area contributed by atoms with E-state index < -0.39 is 0 Å². The normalized spacial score (nSPS) is 13.1. The van der Waals surface area contributed by atoms with Crippen LogP contribution in [0.15, 0.2) is 35.4 Å². The second kappa shape index (κ2) is 9.24. The minimum atomic E-state index is -0.197. The van der Waals surface area contributed by atoms with Crippen molar-refractivity contribution in [2.45, 2.75) is 52.5 Å². The third-order valence-corrected chi connectivity index (χ3v) is 5.45. The fourth-order valence-electron chi connectivity index (χ4n) is 4.01. The molecule has 0 radical (unpaired) electrons. The number of ether oxygens (including phenoxy) is 2. The van der Waals surface area contributed by atoms with Crippen LogP contribution in [0.5, 0.6) is 11.5 Å². The molecule has 0 aliphatic heterocycles. The predicted octanol–water partition coefficient (Wildman–Crippen LogP) is 3.20. The van der Waals surface area contributed by atoms with Crippen LogP contribution in [-0.2, 0) is 24.2 Å². The number of carbonyl (C=O) groups excluding carboxylic acids is 1. The standard InChI is InChI=1S/C23H28N4O4/c1-3-30-16-9-10-20(31-4-2)19(15-16)24-21(28)11-12-26-13-14-27-22(23(26)29)17-7-5-6-8-18(17)25-27/h9-10,13-15H,3-8,11-12H2,1-2H3,(H,24,28). The highest BCUT2D eigenvalue weighted by Crippen LogP contribution is 2.29. The summed E-state index contributed by atoms with van der Waals surface area (Å²) in [6.07, 6.45) is 7.65. The fraction of sp³-hybridized carbons (Fsp3) is 0.435. The highest BCUT2D eigenvalue weighted by Gasteiger charge is 2.19. The van der Waals surface area contributed by atoms with E-state index in [-0.39, 0.29) is 24.4 Å². The van der Waals surface area contributed by atoms with Crippen LogP contribution in [0, 0.1) is 0 Å². The van der Waals surface area contributed by atoms with E-state index in [9.17, 15) is 9.59 Å². The first-order valence-electron chi connectivity index (χ1n) is 10.9. The molecule has 2 heterocycles. The van der Waals surface area contributed by atoms with Gasteiger partial charge >= 0.3 is 0 Å². The first-order chi connectivity index (χ1) is 15.1. The molecule has 1 aromatic carbocycles. The fourth-order valence-corrected chi connectivity index (χ4v) is 4.01. The molecule has 1 N–H and O–H groups in total. The molecule has 8 heteroatoms. The summed E-state index contributed by atoms with van der Waals surface area (Å²) in [5.41, 5.74) is 3.19. The number of nitrogens with zero attached hydrogens (tertiary/aromatic N) is 3. The van der Waals surface area contributed by atoms with E-state index in [0.29, 0.717) is 35.9 Å². The third kappa shape index (κ3) is 4.42. The molecule has 1 amide bonds. The summed E-state index contributed by atoms with van der Waals surface area (Å²) in [7, 11) is 0. The Labute approximate surface area is 180 Å². The van der Waals surface area contributed by atoms with Gasteiger partial charge in [-0.3, -0.25) is 9.59 Å². The monoisotopic (exact) mass is 424 g/mol. The van der Waals surface area contributed by atoms with Gasteiger partial charge in [0.05, 0.1) is 24.6 Å². The molecule has 0 bridgehead atoms. The minimum Gasteiger partial charge on any atom is -0.494 e. The summed E-state index contributed by atoms with van der Waals surface area (Å²) < 4.78 is 14.4. The van der Waals surface area contributed by atoms with Crippen LogP contribution in [0.1, 0.15) is 44.4 Å². The van der Waals surface area contributed by atoms with Crippen molar-refractivity contribution < 1.29 is 14.3 Å². The van der Waals surface area contributed by atoms with Gasteiger partial charge in [0.2, 0.25) is 5.91 Å². The van der Waals surface area contributed by atoms with Gasteiger partial charge in [0.25, 0.3) is 5.56 Å². The molecule has 2 aromatic heterocycles. The largest absolute Gasteiger partial charge is 0.494 e. The van der Waals surface area contributed by atoms with Gasteiger partial charge in [0.15, 0.2) is 0 Å². The number of aromatic nitrogens is 3. The lowest BCUT2D eigenvalue weighted by molar-refractivity contribution is -0.116. The highest BCUT2D eigenvalue weighted by atomic mass is 16.5. The average molecular weight is 425 g/mol. The first-order valence-corrected chi connectivity index (χ1v) is 10.9. The Bertz CT molecular complexity index is 1150. The van der Waals surface area contributed by atoms with Crippen molar-refractivity contribution in [2.24, 2.45) is 0 Å². The number of hydrogen-bond acceptors (Lipinski definition) is 5. The molecule has 31 heavy (non-hydrogen) atoms. The van der Waals surface area contributed by atoms with E-state index in [1.165, 1.54) is 0 Å². The van der Waals surface area contributed by atoms with Crippen LogP contribution in [0.3, 0.4) is 0 Å². The Balaban J connectivity index is 1.49. The van der Waals surface area contributed by atoms with E-state index in [2.05, 4.69) is 10.4 Å². The molecule has 164 valence electrons. The molecular formula is C23H28N4O4. The topological polar surface area (TPSA) is 86.9 Å². The summed E-state index contributed by atoms with van der Waals surface area (Å²) in [4.78, 5) is 25.7. The Morgan fingerprint density at radius 1 is 1.13 bits per heavy atom. The zero-order valence-corrected chi connectivity index (χ0v) is 18.0. The van der Waals surface area contributed by atoms with Crippen molar-refractivity contribution in [3.63, 3.8) is 0 Å². The Kier molecular flexibility index (Phi) is 6.25. The summed E-state index contributed by atoms with van der Waals surface area (Å²) in [5, 5.41) is 7.44. The number of nitrogens with one attached hydrogen (secondary N) is 1. The van der Waals surface area contributed by atoms with Crippen molar-refractivity contribution in [2.75, 3.05) is 18.5 Å². The molecule has 1 aliphatic carbocycles. The van der Waals surface area contributed by atoms with Gasteiger partial charge in [-0.1, -0.05) is 0 Å². The molecule has 0 saturated carbocycles. The zero-order chi connectivity index (χ0) is 21.8. The van der Waals surface area contributed by atoms with Gasteiger partial charge in [-0.2, -0.15) is 5.10 Å². The maximum absolute atomic E-state index is 13.0. The van der Waals surface area contributed by atoms with Gasteiger partial charge in [0, 0.05) is 37.0 Å². The Morgan fingerprint density at radius 3 is 2.74 bits per heavy atom. The predicted molar refractivity (Wildman–Crippen MR) is 118 cm³/mol. The average Bonchev–Trinajstić information content (AvgIpc) is 3.15. The van der Waals surface area contributed by atoms with Gasteiger partial charge in [0.1, 0.15) is 17.0 Å². The smallest absolute Gasteiger partial charge is 0.276 e. The van der Waals surface area contributed by atoms with Crippen molar-refractivity contribution >= 4 is 17.1 Å². The lowest BCUT2D eigenvalue weighted by Gasteiger charge is -2.14. The van der Waals surface area contributed by atoms with E-state index in [4.69, 9.17) is 9.47 Å². The number of hydrogen-bond donors (Lipinski definition) is 1. The molecule has 0 fully saturated rings. The maximum Gasteiger partial charge on any atom is 0.276 e. The number of fused-ring (bicyclic) bond motifs is 3. The molecule has 0 saturated heterocycles. The lowest BCUT2D eigenvalue weighted by atomic mass is 9.97. The summed E-state index contributed by atoms with van der Waals surface area (Å²) in [5.74, 6) is 1.05. The summed E-state index contributed by atoms with van der Waals surface area (Å²) >= 11 is 0. The number of benzene rings is 1. The van der Waals surface area contributed by atoms with E-state index in [1.807, 2.05) is 19.9 Å². The zero-order valence-electron chi connectivity index (χ0n) is 18.0. The van der Waals surface area contributed by atoms with E-state index in [0.717, 1.165) is 36.9 Å². The number of aryl methyl sites for hydroxylation is 3. The quantitative estimate of drug-likeness (QED) is 0.600. The molecule has 1 aliphatic rings. The highest BCUT2D eigenvalue weighted by molar-refractivity contribution is 5.92. The third-order valence-electron chi connectivity index (χ3n) is 5.45. The second-order valence-corrected chi connectivity index (χ2v) is 7.54. The van der Waals surface area contributed by atoms with Crippen LogP contribution in [0.25, 0.3) is 5.52 Å². The van der Waals surface area contributed by atoms with Crippen LogP contribution in [-0.4, -0.2) is 33.3 Å². The minimum absolute atomic E-state index is 0.0979. The summed E-state index contributed by atoms with van der Waals surface area (Å²) in [6, 6.07) is 5.35. The van der Waals surface area contributed by atoms with Crippen molar-refractivity contribution in [1.29, 1.82) is 0 Å². The number of rotatable bonds is 8. The molecule has 0 unspecified atom stereocenters. The second-order valence-electron chi connectivity index (χ2n) is 7.54. The number of carbonyl (C=O) groups is 1. The molecular weight excluding hydrogens is 396 g/mol.